The lowest BCUT2D eigenvalue weighted by atomic mass is 9.92. The number of benzene rings is 1. The van der Waals surface area contributed by atoms with Gasteiger partial charge in [0.2, 0.25) is 0 Å². The predicted molar refractivity (Wildman–Crippen MR) is 67.7 cm³/mol. The van der Waals surface area contributed by atoms with Crippen molar-refractivity contribution in [2.24, 2.45) is 0 Å². The lowest BCUT2D eigenvalue weighted by molar-refractivity contribution is -0.384. The van der Waals surface area contributed by atoms with E-state index in [9.17, 15) is 14.9 Å². The van der Waals surface area contributed by atoms with E-state index >= 15 is 0 Å². The van der Waals surface area contributed by atoms with Crippen LogP contribution in [0.1, 0.15) is 18.1 Å². The van der Waals surface area contributed by atoms with Crippen LogP contribution in [0.3, 0.4) is 0 Å². The van der Waals surface area contributed by atoms with Gasteiger partial charge >= 0.3 is 0 Å². The van der Waals surface area contributed by atoms with Crippen LogP contribution in [0, 0.1) is 10.1 Å². The molecule has 0 N–H and O–H groups in total. The van der Waals surface area contributed by atoms with Gasteiger partial charge in [0, 0.05) is 12.6 Å². The Balaban J connectivity index is 2.44. The first-order chi connectivity index (χ1) is 8.40. The maximum absolute atomic E-state index is 11.5. The fraction of sp³-hybridized carbons (Fsp3) is 0.417. The van der Waals surface area contributed by atoms with Crippen LogP contribution in [-0.2, 0) is 17.8 Å². The van der Waals surface area contributed by atoms with Crippen molar-refractivity contribution < 1.29 is 9.72 Å². The van der Waals surface area contributed by atoms with E-state index in [0.717, 1.165) is 11.1 Å². The quantitative estimate of drug-likeness (QED) is 0.609. The number of nitrogens with zero attached hydrogens (tertiary/aromatic N) is 2. The maximum Gasteiger partial charge on any atom is 0.288 e. The smallest absolute Gasteiger partial charge is 0.288 e. The summed E-state index contributed by atoms with van der Waals surface area (Å²) in [6, 6.07) is 2.90. The molecule has 0 saturated carbocycles. The van der Waals surface area contributed by atoms with Crippen molar-refractivity contribution in [3.05, 3.63) is 38.4 Å². The Bertz CT molecular complexity index is 530. The van der Waals surface area contributed by atoms with E-state index in [-0.39, 0.29) is 22.5 Å². The number of likely N-dealkylation sites (N-methyl/N-ethyl adjacent to an activating group) is 1. The summed E-state index contributed by atoms with van der Waals surface area (Å²) in [4.78, 5) is 23.8. The Morgan fingerprint density at radius 3 is 2.72 bits per heavy atom. The molecule has 0 amide bonds. The summed E-state index contributed by atoms with van der Waals surface area (Å²) in [5.74, 6) is 0.0701. The van der Waals surface area contributed by atoms with Gasteiger partial charge in [-0.05, 0) is 37.6 Å². The molecular formula is C12H13ClN2O3. The molecule has 0 aliphatic carbocycles. The molecule has 1 aromatic carbocycles. The summed E-state index contributed by atoms with van der Waals surface area (Å²) in [5.41, 5.74) is 1.69. The molecule has 5 nitrogen and oxygen atoms in total. The van der Waals surface area contributed by atoms with Crippen molar-refractivity contribution in [3.8, 4) is 0 Å². The van der Waals surface area contributed by atoms with Crippen molar-refractivity contribution in [2.75, 3.05) is 7.05 Å². The molecule has 0 bridgehead atoms. The van der Waals surface area contributed by atoms with Crippen molar-refractivity contribution in [2.45, 2.75) is 25.9 Å². The first kappa shape index (κ1) is 13.0. The number of hydrogen-bond donors (Lipinski definition) is 0. The summed E-state index contributed by atoms with van der Waals surface area (Å²) in [6.07, 6.45) is 0.499. The van der Waals surface area contributed by atoms with Gasteiger partial charge in [0.15, 0.2) is 0 Å². The van der Waals surface area contributed by atoms with Crippen LogP contribution in [0.25, 0.3) is 0 Å². The second-order valence-electron chi connectivity index (χ2n) is 4.58. The van der Waals surface area contributed by atoms with Crippen LogP contribution >= 0.6 is 11.6 Å². The molecule has 0 aromatic heterocycles. The highest BCUT2D eigenvalue weighted by Gasteiger charge is 2.29. The van der Waals surface area contributed by atoms with Crippen LogP contribution in [0.5, 0.6) is 0 Å². The molecule has 6 heteroatoms. The molecular weight excluding hydrogens is 256 g/mol. The summed E-state index contributed by atoms with van der Waals surface area (Å²) >= 11 is 5.88. The lowest BCUT2D eigenvalue weighted by Gasteiger charge is -2.32. The Morgan fingerprint density at radius 1 is 1.50 bits per heavy atom. The number of rotatable bonds is 2. The third-order valence-electron chi connectivity index (χ3n) is 3.30. The van der Waals surface area contributed by atoms with Gasteiger partial charge in [-0.2, -0.15) is 0 Å². The van der Waals surface area contributed by atoms with Crippen LogP contribution in [0.15, 0.2) is 12.1 Å². The summed E-state index contributed by atoms with van der Waals surface area (Å²) in [5, 5.41) is 11.0. The fourth-order valence-electron chi connectivity index (χ4n) is 2.32. The molecule has 0 saturated heterocycles. The molecule has 18 heavy (non-hydrogen) atoms. The van der Waals surface area contributed by atoms with E-state index in [1.165, 1.54) is 13.0 Å². The number of nitro groups is 1. The molecule has 1 aromatic rings. The van der Waals surface area contributed by atoms with Gasteiger partial charge in [-0.3, -0.25) is 19.8 Å². The first-order valence-electron chi connectivity index (χ1n) is 5.56. The average Bonchev–Trinajstić information content (AvgIpc) is 2.26. The summed E-state index contributed by atoms with van der Waals surface area (Å²) in [7, 11) is 1.87. The van der Waals surface area contributed by atoms with Gasteiger partial charge in [0.1, 0.15) is 10.8 Å². The molecule has 1 heterocycles. The molecule has 2 rings (SSSR count). The number of carbonyl (C=O) groups is 1. The maximum atomic E-state index is 11.5. The largest absolute Gasteiger partial charge is 0.298 e. The van der Waals surface area contributed by atoms with Gasteiger partial charge in [0.05, 0.1) is 11.0 Å². The average molecular weight is 269 g/mol. The van der Waals surface area contributed by atoms with Gasteiger partial charge in [0.25, 0.3) is 5.69 Å². The number of halogens is 1. The molecule has 1 unspecified atom stereocenters. The van der Waals surface area contributed by atoms with Crippen LogP contribution in [0.4, 0.5) is 5.69 Å². The van der Waals surface area contributed by atoms with Crippen LogP contribution in [-0.4, -0.2) is 28.7 Å². The van der Waals surface area contributed by atoms with Crippen molar-refractivity contribution in [3.63, 3.8) is 0 Å². The first-order valence-corrected chi connectivity index (χ1v) is 5.94. The monoisotopic (exact) mass is 268 g/mol. The molecule has 1 aliphatic heterocycles. The molecule has 0 spiro atoms. The van der Waals surface area contributed by atoms with Crippen LogP contribution in [0.2, 0.25) is 5.02 Å². The number of fused-ring (bicyclic) bond motifs is 1. The van der Waals surface area contributed by atoms with E-state index in [1.807, 2.05) is 11.9 Å². The Labute approximate surface area is 109 Å². The Hall–Kier alpha value is -1.46. The van der Waals surface area contributed by atoms with Gasteiger partial charge < -0.3 is 0 Å². The standard InChI is InChI=1S/C12H13ClN2O3/c1-7(16)11-4-8-5-12(15(17)18)10(13)3-9(8)6-14(11)2/h3,5,11H,4,6H2,1-2H3. The van der Waals surface area contributed by atoms with Crippen molar-refractivity contribution in [1.82, 2.24) is 4.90 Å². The van der Waals surface area contributed by atoms with E-state index in [2.05, 4.69) is 0 Å². The molecule has 1 aliphatic rings. The highest BCUT2D eigenvalue weighted by atomic mass is 35.5. The minimum Gasteiger partial charge on any atom is -0.298 e. The number of nitro benzene ring substituents is 1. The van der Waals surface area contributed by atoms with E-state index in [0.29, 0.717) is 13.0 Å². The van der Waals surface area contributed by atoms with Crippen molar-refractivity contribution >= 4 is 23.1 Å². The van der Waals surface area contributed by atoms with Gasteiger partial charge in [-0.1, -0.05) is 11.6 Å². The highest BCUT2D eigenvalue weighted by Crippen LogP contribution is 2.32. The Kier molecular flexibility index (Phi) is 3.36. The third-order valence-corrected chi connectivity index (χ3v) is 3.60. The zero-order valence-corrected chi connectivity index (χ0v) is 10.9. The topological polar surface area (TPSA) is 63.4 Å². The Morgan fingerprint density at radius 2 is 2.17 bits per heavy atom. The predicted octanol–water partition coefficient (Wildman–Crippen LogP) is 2.19. The van der Waals surface area contributed by atoms with E-state index in [4.69, 9.17) is 11.6 Å². The summed E-state index contributed by atoms with van der Waals surface area (Å²) in [6.45, 7) is 2.12. The highest BCUT2D eigenvalue weighted by molar-refractivity contribution is 6.32. The molecule has 1 atom stereocenters. The number of hydrogen-bond acceptors (Lipinski definition) is 4. The van der Waals surface area contributed by atoms with Crippen LogP contribution < -0.4 is 0 Å². The second kappa shape index (κ2) is 4.66. The normalized spacial score (nSPS) is 19.4. The van der Waals surface area contributed by atoms with Gasteiger partial charge in [-0.25, -0.2) is 0 Å². The second-order valence-corrected chi connectivity index (χ2v) is 4.98. The lowest BCUT2D eigenvalue weighted by Crippen LogP contribution is -2.42. The van der Waals surface area contributed by atoms with E-state index < -0.39 is 4.92 Å². The number of carbonyl (C=O) groups excluding carboxylic acids is 1. The number of Topliss-reactive ketones (excluding diaryl/α,β-unsaturated/α-hetero) is 1. The zero-order chi connectivity index (χ0) is 13.4. The minimum absolute atomic E-state index is 0.0701. The zero-order valence-electron chi connectivity index (χ0n) is 10.1. The number of ketones is 1. The van der Waals surface area contributed by atoms with E-state index in [1.54, 1.807) is 6.07 Å². The minimum atomic E-state index is -0.496. The molecule has 0 radical (unpaired) electrons. The van der Waals surface area contributed by atoms with Crippen molar-refractivity contribution in [1.29, 1.82) is 0 Å². The molecule has 0 fully saturated rings. The third kappa shape index (κ3) is 2.23. The summed E-state index contributed by atoms with van der Waals surface area (Å²) < 4.78 is 0. The van der Waals surface area contributed by atoms with Gasteiger partial charge in [-0.15, -0.1) is 0 Å². The molecule has 96 valence electrons. The fourth-order valence-corrected chi connectivity index (χ4v) is 2.58. The SMILES string of the molecule is CC(=O)C1Cc2cc([N+](=O)[O-])c(Cl)cc2CN1C.